The molecule has 1 fully saturated rings. The Morgan fingerprint density at radius 1 is 0.960 bits per heavy atom. The Kier molecular flexibility index (Phi) is 4.84. The molecule has 4 rings (SSSR count). The first kappa shape index (κ1) is 16.3. The minimum atomic E-state index is 0.339. The second-order valence-corrected chi connectivity index (χ2v) is 7.24. The zero-order valence-corrected chi connectivity index (χ0v) is 14.7. The van der Waals surface area contributed by atoms with Crippen LogP contribution in [0.3, 0.4) is 0 Å². The summed E-state index contributed by atoms with van der Waals surface area (Å²) in [5.74, 6) is 0.783. The first-order valence-electron chi connectivity index (χ1n) is 9.44. The first-order valence-corrected chi connectivity index (χ1v) is 9.44. The molecule has 0 aliphatic carbocycles. The molecule has 25 heavy (non-hydrogen) atoms. The van der Waals surface area contributed by atoms with Crippen LogP contribution in [-0.4, -0.2) is 41.9 Å². The molecule has 2 heterocycles. The van der Waals surface area contributed by atoms with Gasteiger partial charge in [0.2, 0.25) is 5.91 Å². The first-order chi connectivity index (χ1) is 12.3. The van der Waals surface area contributed by atoms with Crippen LogP contribution in [0.1, 0.15) is 41.9 Å². The second kappa shape index (κ2) is 7.40. The van der Waals surface area contributed by atoms with Crippen molar-refractivity contribution >= 4 is 5.91 Å². The van der Waals surface area contributed by atoms with Crippen LogP contribution < -0.4 is 0 Å². The predicted molar refractivity (Wildman–Crippen MR) is 100 cm³/mol. The number of carbonyl (C=O) groups is 1. The Morgan fingerprint density at radius 2 is 1.76 bits per heavy atom. The molecule has 1 saturated heterocycles. The third kappa shape index (κ3) is 3.62. The fourth-order valence-corrected chi connectivity index (χ4v) is 4.25. The average Bonchev–Trinajstić information content (AvgIpc) is 3.07. The number of fused-ring (bicyclic) bond motifs is 1. The summed E-state index contributed by atoms with van der Waals surface area (Å²) in [5, 5.41) is 0. The van der Waals surface area contributed by atoms with Crippen molar-refractivity contribution in [3.05, 3.63) is 71.3 Å². The number of benzene rings is 2. The van der Waals surface area contributed by atoms with E-state index in [1.54, 1.807) is 0 Å². The summed E-state index contributed by atoms with van der Waals surface area (Å²) < 4.78 is 0. The van der Waals surface area contributed by atoms with Crippen molar-refractivity contribution in [1.29, 1.82) is 0 Å². The van der Waals surface area contributed by atoms with Crippen LogP contribution >= 0.6 is 0 Å². The highest BCUT2D eigenvalue weighted by Crippen LogP contribution is 2.33. The highest BCUT2D eigenvalue weighted by atomic mass is 16.2. The van der Waals surface area contributed by atoms with E-state index in [1.165, 1.54) is 16.7 Å². The van der Waals surface area contributed by atoms with Crippen LogP contribution in [0.2, 0.25) is 0 Å². The number of carbonyl (C=O) groups excluding carboxylic acids is 1. The SMILES string of the molecule is O=C1CCCN1CCCN1Cc2ccccc2C(c2ccccc2)C1. The van der Waals surface area contributed by atoms with Crippen LogP contribution in [0, 0.1) is 0 Å². The standard InChI is InChI=1S/C22H26N2O/c25-22-12-6-14-24(22)15-7-13-23-16-19-10-4-5-11-20(19)21(17-23)18-8-2-1-3-9-18/h1-5,8-11,21H,6-7,12-17H2. The maximum atomic E-state index is 11.8. The predicted octanol–water partition coefficient (Wildman–Crippen LogP) is 3.65. The van der Waals surface area contributed by atoms with E-state index >= 15 is 0 Å². The van der Waals surface area contributed by atoms with Gasteiger partial charge in [-0.05, 0) is 29.5 Å². The third-order valence-corrected chi connectivity index (χ3v) is 5.54. The van der Waals surface area contributed by atoms with E-state index in [0.29, 0.717) is 11.8 Å². The van der Waals surface area contributed by atoms with Gasteiger partial charge in [-0.3, -0.25) is 9.69 Å². The fraction of sp³-hybridized carbons (Fsp3) is 0.409. The second-order valence-electron chi connectivity index (χ2n) is 7.24. The van der Waals surface area contributed by atoms with E-state index in [0.717, 1.165) is 52.0 Å². The molecule has 3 nitrogen and oxygen atoms in total. The molecule has 0 spiro atoms. The van der Waals surface area contributed by atoms with Gasteiger partial charge >= 0.3 is 0 Å². The van der Waals surface area contributed by atoms with E-state index in [1.807, 2.05) is 4.90 Å². The van der Waals surface area contributed by atoms with E-state index in [2.05, 4.69) is 59.5 Å². The van der Waals surface area contributed by atoms with E-state index in [9.17, 15) is 4.79 Å². The van der Waals surface area contributed by atoms with Crippen molar-refractivity contribution in [2.45, 2.75) is 31.7 Å². The molecule has 0 aromatic heterocycles. The van der Waals surface area contributed by atoms with Gasteiger partial charge in [0.1, 0.15) is 0 Å². The Labute approximate surface area is 150 Å². The number of likely N-dealkylation sites (tertiary alicyclic amines) is 1. The summed E-state index contributed by atoms with van der Waals surface area (Å²) in [6, 6.07) is 19.7. The normalized spacial score (nSPS) is 20.7. The Hall–Kier alpha value is -2.13. The van der Waals surface area contributed by atoms with Crippen molar-refractivity contribution in [3.63, 3.8) is 0 Å². The topological polar surface area (TPSA) is 23.6 Å². The van der Waals surface area contributed by atoms with Gasteiger partial charge in [-0.15, -0.1) is 0 Å². The van der Waals surface area contributed by atoms with Gasteiger partial charge in [0.05, 0.1) is 0 Å². The lowest BCUT2D eigenvalue weighted by Crippen LogP contribution is -2.36. The summed E-state index contributed by atoms with van der Waals surface area (Å²) in [6.07, 6.45) is 2.84. The zero-order valence-electron chi connectivity index (χ0n) is 14.7. The van der Waals surface area contributed by atoms with E-state index in [4.69, 9.17) is 0 Å². The van der Waals surface area contributed by atoms with Gasteiger partial charge in [-0.2, -0.15) is 0 Å². The highest BCUT2D eigenvalue weighted by Gasteiger charge is 2.26. The quantitative estimate of drug-likeness (QED) is 0.833. The summed E-state index contributed by atoms with van der Waals surface area (Å²) in [6.45, 7) is 5.01. The maximum Gasteiger partial charge on any atom is 0.222 e. The van der Waals surface area contributed by atoms with Crippen LogP contribution in [0.15, 0.2) is 54.6 Å². The zero-order chi connectivity index (χ0) is 17.1. The Bertz CT molecular complexity index is 728. The summed E-state index contributed by atoms with van der Waals surface area (Å²) in [7, 11) is 0. The molecule has 0 bridgehead atoms. The summed E-state index contributed by atoms with van der Waals surface area (Å²) in [4.78, 5) is 16.4. The van der Waals surface area contributed by atoms with Crippen molar-refractivity contribution in [3.8, 4) is 0 Å². The average molecular weight is 334 g/mol. The molecule has 1 atom stereocenters. The van der Waals surface area contributed by atoms with Crippen LogP contribution in [0.4, 0.5) is 0 Å². The fourth-order valence-electron chi connectivity index (χ4n) is 4.25. The van der Waals surface area contributed by atoms with Gasteiger partial charge in [0.15, 0.2) is 0 Å². The van der Waals surface area contributed by atoms with Crippen molar-refractivity contribution in [2.75, 3.05) is 26.2 Å². The van der Waals surface area contributed by atoms with Crippen molar-refractivity contribution < 1.29 is 4.79 Å². The van der Waals surface area contributed by atoms with E-state index in [-0.39, 0.29) is 0 Å². The molecular formula is C22H26N2O. The lowest BCUT2D eigenvalue weighted by molar-refractivity contribution is -0.127. The number of hydrogen-bond donors (Lipinski definition) is 0. The molecule has 2 aliphatic heterocycles. The van der Waals surface area contributed by atoms with Crippen LogP contribution in [0.5, 0.6) is 0 Å². The molecule has 0 radical (unpaired) electrons. The number of nitrogens with zero attached hydrogens (tertiary/aromatic N) is 2. The molecule has 130 valence electrons. The third-order valence-electron chi connectivity index (χ3n) is 5.54. The number of rotatable bonds is 5. The lowest BCUT2D eigenvalue weighted by atomic mass is 9.84. The van der Waals surface area contributed by atoms with Crippen molar-refractivity contribution in [2.24, 2.45) is 0 Å². The molecule has 1 amide bonds. The smallest absolute Gasteiger partial charge is 0.222 e. The van der Waals surface area contributed by atoms with Crippen molar-refractivity contribution in [1.82, 2.24) is 9.80 Å². The maximum absolute atomic E-state index is 11.8. The molecule has 0 N–H and O–H groups in total. The summed E-state index contributed by atoms with van der Waals surface area (Å²) >= 11 is 0. The molecule has 2 aromatic carbocycles. The molecular weight excluding hydrogens is 308 g/mol. The van der Waals surface area contributed by atoms with Crippen LogP contribution in [0.25, 0.3) is 0 Å². The molecule has 3 heteroatoms. The minimum Gasteiger partial charge on any atom is -0.343 e. The minimum absolute atomic E-state index is 0.339. The molecule has 2 aromatic rings. The van der Waals surface area contributed by atoms with Gasteiger partial charge in [-0.25, -0.2) is 0 Å². The van der Waals surface area contributed by atoms with Gasteiger partial charge in [0.25, 0.3) is 0 Å². The Morgan fingerprint density at radius 3 is 2.56 bits per heavy atom. The molecule has 2 aliphatic rings. The van der Waals surface area contributed by atoms with Gasteiger partial charge in [0, 0.05) is 45.1 Å². The van der Waals surface area contributed by atoms with Gasteiger partial charge in [-0.1, -0.05) is 54.6 Å². The monoisotopic (exact) mass is 334 g/mol. The number of amides is 1. The lowest BCUT2D eigenvalue weighted by Gasteiger charge is -2.35. The molecule has 1 unspecified atom stereocenters. The molecule has 0 saturated carbocycles. The summed E-state index contributed by atoms with van der Waals surface area (Å²) in [5.41, 5.74) is 4.31. The van der Waals surface area contributed by atoms with Crippen LogP contribution in [-0.2, 0) is 11.3 Å². The van der Waals surface area contributed by atoms with E-state index < -0.39 is 0 Å². The highest BCUT2D eigenvalue weighted by molar-refractivity contribution is 5.77. The number of hydrogen-bond acceptors (Lipinski definition) is 2. The largest absolute Gasteiger partial charge is 0.343 e. The van der Waals surface area contributed by atoms with Gasteiger partial charge < -0.3 is 4.90 Å². The Balaban J connectivity index is 1.45.